The lowest BCUT2D eigenvalue weighted by atomic mass is 9.96. The van der Waals surface area contributed by atoms with E-state index in [0.29, 0.717) is 5.84 Å². The van der Waals surface area contributed by atoms with Crippen LogP contribution in [0.5, 0.6) is 0 Å². The second-order valence-corrected chi connectivity index (χ2v) is 7.12. The number of rotatable bonds is 4. The van der Waals surface area contributed by atoms with Crippen LogP contribution in [0, 0.1) is 5.92 Å². The van der Waals surface area contributed by atoms with E-state index in [1.54, 1.807) is 0 Å². The minimum atomic E-state index is -0.343. The van der Waals surface area contributed by atoms with Crippen LogP contribution in [0.3, 0.4) is 0 Å². The van der Waals surface area contributed by atoms with Crippen molar-refractivity contribution in [2.24, 2.45) is 15.9 Å². The van der Waals surface area contributed by atoms with Crippen LogP contribution >= 0.6 is 0 Å². The highest BCUT2D eigenvalue weighted by molar-refractivity contribution is 6.23. The van der Waals surface area contributed by atoms with Crippen molar-refractivity contribution in [1.29, 1.82) is 0 Å². The molecule has 2 heterocycles. The highest BCUT2D eigenvalue weighted by atomic mass is 16.1. The molecule has 0 saturated carbocycles. The number of para-hydroxylation sites is 1. The molecule has 1 aromatic heterocycles. The molecule has 4 heteroatoms. The number of allylic oxidation sites excluding steroid dienone is 3. The topological polar surface area (TPSA) is 46.7 Å². The number of amidine groups is 1. The van der Waals surface area contributed by atoms with Gasteiger partial charge in [0.2, 0.25) is 0 Å². The van der Waals surface area contributed by atoms with Crippen molar-refractivity contribution >= 4 is 34.4 Å². The number of carbonyl (C=O) groups excluding carboxylic acids is 1. The van der Waals surface area contributed by atoms with Gasteiger partial charge in [0.05, 0.1) is 5.71 Å². The zero-order valence-electron chi connectivity index (χ0n) is 15.8. The Balaban J connectivity index is 1.48. The Kier molecular flexibility index (Phi) is 4.37. The van der Waals surface area contributed by atoms with E-state index < -0.39 is 0 Å². The first kappa shape index (κ1) is 17.3. The van der Waals surface area contributed by atoms with Crippen molar-refractivity contribution in [3.05, 3.63) is 102 Å². The molecule has 0 bridgehead atoms. The van der Waals surface area contributed by atoms with E-state index in [0.717, 1.165) is 23.2 Å². The van der Waals surface area contributed by atoms with E-state index >= 15 is 0 Å². The molecular weight excluding hydrogens is 358 g/mol. The summed E-state index contributed by atoms with van der Waals surface area (Å²) in [6.07, 6.45) is 13.4. The molecule has 140 valence electrons. The number of nitrogens with zero attached hydrogens (tertiary/aromatic N) is 3. The van der Waals surface area contributed by atoms with Crippen molar-refractivity contribution in [3.63, 3.8) is 0 Å². The fourth-order valence-electron chi connectivity index (χ4n) is 3.74. The van der Waals surface area contributed by atoms with Crippen LogP contribution in [0.15, 0.2) is 101 Å². The maximum atomic E-state index is 12.3. The predicted molar refractivity (Wildman–Crippen MR) is 118 cm³/mol. The van der Waals surface area contributed by atoms with Crippen LogP contribution in [0.25, 0.3) is 17.0 Å². The Morgan fingerprint density at radius 3 is 2.66 bits per heavy atom. The van der Waals surface area contributed by atoms with Crippen LogP contribution in [-0.2, 0) is 11.3 Å². The van der Waals surface area contributed by atoms with Crippen LogP contribution in [0.1, 0.15) is 11.1 Å². The molecular formula is C25H19N3O. The summed E-state index contributed by atoms with van der Waals surface area (Å²) in [4.78, 5) is 21.0. The minimum absolute atomic E-state index is 0.165. The molecule has 0 saturated heterocycles. The van der Waals surface area contributed by atoms with E-state index in [-0.39, 0.29) is 11.8 Å². The molecule has 2 aliphatic rings. The summed E-state index contributed by atoms with van der Waals surface area (Å²) in [5.74, 6) is -0.0622. The Labute approximate surface area is 168 Å². The van der Waals surface area contributed by atoms with Crippen molar-refractivity contribution in [1.82, 2.24) is 4.57 Å². The standard InChI is InChI=1S/C25H19N3O/c29-25-21-11-4-6-12-22(21)26-24(27-25)15-14-19-17-28(16-18-8-2-1-3-9-18)23-13-7-5-10-20(19)23/h1-15,17,21H,16H2/b15-14+. The molecule has 1 amide bonds. The Hall–Kier alpha value is -3.79. The summed E-state index contributed by atoms with van der Waals surface area (Å²) in [6.45, 7) is 0.801. The van der Waals surface area contributed by atoms with Gasteiger partial charge in [-0.2, -0.15) is 4.99 Å². The predicted octanol–water partition coefficient (Wildman–Crippen LogP) is 4.82. The van der Waals surface area contributed by atoms with Gasteiger partial charge in [-0.3, -0.25) is 4.79 Å². The Bertz CT molecular complexity index is 1240. The molecule has 4 nitrogen and oxygen atoms in total. The summed E-state index contributed by atoms with van der Waals surface area (Å²) in [7, 11) is 0. The zero-order chi connectivity index (χ0) is 19.6. The number of carbonyl (C=O) groups is 1. The van der Waals surface area contributed by atoms with Gasteiger partial charge in [0, 0.05) is 29.2 Å². The lowest BCUT2D eigenvalue weighted by Crippen LogP contribution is -2.26. The highest BCUT2D eigenvalue weighted by Crippen LogP contribution is 2.24. The van der Waals surface area contributed by atoms with Gasteiger partial charge in [-0.25, -0.2) is 4.99 Å². The smallest absolute Gasteiger partial charge is 0.260 e. The molecule has 1 unspecified atom stereocenters. The van der Waals surface area contributed by atoms with Gasteiger partial charge >= 0.3 is 0 Å². The largest absolute Gasteiger partial charge is 0.342 e. The second-order valence-electron chi connectivity index (χ2n) is 7.12. The lowest BCUT2D eigenvalue weighted by molar-refractivity contribution is -0.118. The first-order valence-corrected chi connectivity index (χ1v) is 9.64. The first-order chi connectivity index (χ1) is 14.3. The fourth-order valence-corrected chi connectivity index (χ4v) is 3.74. The first-order valence-electron chi connectivity index (χ1n) is 9.64. The van der Waals surface area contributed by atoms with Crippen LogP contribution in [0.4, 0.5) is 0 Å². The van der Waals surface area contributed by atoms with Crippen molar-refractivity contribution in [3.8, 4) is 0 Å². The molecule has 1 aliphatic carbocycles. The van der Waals surface area contributed by atoms with E-state index in [4.69, 9.17) is 0 Å². The van der Waals surface area contributed by atoms with E-state index in [9.17, 15) is 4.79 Å². The van der Waals surface area contributed by atoms with E-state index in [1.165, 1.54) is 11.1 Å². The number of benzene rings is 2. The van der Waals surface area contributed by atoms with Gasteiger partial charge < -0.3 is 4.57 Å². The van der Waals surface area contributed by atoms with Gasteiger partial charge in [-0.05, 0) is 29.9 Å². The van der Waals surface area contributed by atoms with Crippen LogP contribution in [0.2, 0.25) is 0 Å². The lowest BCUT2D eigenvalue weighted by Gasteiger charge is -2.16. The molecule has 0 N–H and O–H groups in total. The SMILES string of the molecule is O=C1N=C(/C=C/c2cn(Cc3ccccc3)c3ccccc23)N=C2C=CC=CC12. The number of amides is 1. The average Bonchev–Trinajstić information content (AvgIpc) is 3.11. The summed E-state index contributed by atoms with van der Waals surface area (Å²) in [5.41, 5.74) is 4.25. The molecule has 1 aliphatic heterocycles. The highest BCUT2D eigenvalue weighted by Gasteiger charge is 2.25. The van der Waals surface area contributed by atoms with Crippen molar-refractivity contribution < 1.29 is 4.79 Å². The third-order valence-electron chi connectivity index (χ3n) is 5.16. The molecule has 0 radical (unpaired) electrons. The average molecular weight is 377 g/mol. The molecule has 3 aromatic rings. The maximum absolute atomic E-state index is 12.3. The van der Waals surface area contributed by atoms with Crippen LogP contribution in [-0.4, -0.2) is 22.0 Å². The van der Waals surface area contributed by atoms with Gasteiger partial charge in [0.25, 0.3) is 5.91 Å². The maximum Gasteiger partial charge on any atom is 0.260 e. The number of aromatic nitrogens is 1. The quantitative estimate of drug-likeness (QED) is 0.643. The number of hydrogen-bond acceptors (Lipinski definition) is 2. The van der Waals surface area contributed by atoms with E-state index in [1.807, 2.05) is 48.6 Å². The zero-order valence-corrected chi connectivity index (χ0v) is 15.8. The number of fused-ring (bicyclic) bond motifs is 2. The molecule has 1 atom stereocenters. The normalized spacial score (nSPS) is 18.2. The third kappa shape index (κ3) is 3.41. The fraction of sp³-hybridized carbons (Fsp3) is 0.0800. The molecule has 0 spiro atoms. The third-order valence-corrected chi connectivity index (χ3v) is 5.16. The summed E-state index contributed by atoms with van der Waals surface area (Å²) in [5, 5.41) is 1.16. The minimum Gasteiger partial charge on any atom is -0.342 e. The van der Waals surface area contributed by atoms with Gasteiger partial charge in [0.15, 0.2) is 5.84 Å². The van der Waals surface area contributed by atoms with Crippen molar-refractivity contribution in [2.45, 2.75) is 6.54 Å². The second kappa shape index (κ2) is 7.32. The number of aliphatic imine (C=N–C) groups is 2. The van der Waals surface area contributed by atoms with Crippen LogP contribution < -0.4 is 0 Å². The summed E-state index contributed by atoms with van der Waals surface area (Å²) < 4.78 is 2.24. The van der Waals surface area contributed by atoms with Gasteiger partial charge in [0.1, 0.15) is 5.92 Å². The molecule has 2 aromatic carbocycles. The van der Waals surface area contributed by atoms with Crippen molar-refractivity contribution in [2.75, 3.05) is 0 Å². The number of hydrogen-bond donors (Lipinski definition) is 0. The molecule has 5 rings (SSSR count). The van der Waals surface area contributed by atoms with Gasteiger partial charge in [-0.15, -0.1) is 0 Å². The monoisotopic (exact) mass is 377 g/mol. The Morgan fingerprint density at radius 2 is 1.76 bits per heavy atom. The summed E-state index contributed by atoms with van der Waals surface area (Å²) in [6, 6.07) is 18.7. The summed E-state index contributed by atoms with van der Waals surface area (Å²) >= 11 is 0. The van der Waals surface area contributed by atoms with Gasteiger partial charge in [-0.1, -0.05) is 66.8 Å². The van der Waals surface area contributed by atoms with E-state index in [2.05, 4.69) is 63.2 Å². The molecule has 29 heavy (non-hydrogen) atoms. The Morgan fingerprint density at radius 1 is 0.931 bits per heavy atom. The molecule has 0 fully saturated rings.